The third kappa shape index (κ3) is 3.90. The Morgan fingerprint density at radius 3 is 3.05 bits per heavy atom. The molecule has 1 aromatic rings. The predicted octanol–water partition coefficient (Wildman–Crippen LogP) is 0.641. The highest BCUT2D eigenvalue weighted by molar-refractivity contribution is 7.99. The number of thioether (sulfide) groups is 1. The molecule has 19 heavy (non-hydrogen) atoms. The standard InChI is InChI=1S/C11H19N5O2S/c1-3-6-12-9(10(17)18-2)7-19-11-13-14-15-16(11)8-4-5-8/h8-9,12H,3-7H2,1-2H3. The third-order valence-electron chi connectivity index (χ3n) is 2.86. The fraction of sp³-hybridized carbons (Fsp3) is 0.818. The van der Waals surface area contributed by atoms with E-state index in [0.29, 0.717) is 11.8 Å². The van der Waals surface area contributed by atoms with Gasteiger partial charge in [-0.05, 0) is 36.2 Å². The van der Waals surface area contributed by atoms with Crippen LogP contribution in [0.1, 0.15) is 32.2 Å². The molecule has 1 saturated carbocycles. The molecule has 2 rings (SSSR count). The maximum Gasteiger partial charge on any atom is 0.323 e. The Labute approximate surface area is 116 Å². The summed E-state index contributed by atoms with van der Waals surface area (Å²) in [6.45, 7) is 2.84. The molecule has 1 atom stereocenters. The molecule has 0 spiro atoms. The molecular weight excluding hydrogens is 266 g/mol. The lowest BCUT2D eigenvalue weighted by Gasteiger charge is -2.15. The highest BCUT2D eigenvalue weighted by Crippen LogP contribution is 2.36. The lowest BCUT2D eigenvalue weighted by Crippen LogP contribution is -2.40. The zero-order valence-corrected chi connectivity index (χ0v) is 12.0. The van der Waals surface area contributed by atoms with Crippen LogP contribution >= 0.6 is 11.8 Å². The molecule has 106 valence electrons. The van der Waals surface area contributed by atoms with Crippen LogP contribution in [0.25, 0.3) is 0 Å². The smallest absolute Gasteiger partial charge is 0.323 e. The third-order valence-corrected chi connectivity index (χ3v) is 3.89. The number of rotatable bonds is 8. The number of methoxy groups -OCH3 is 1. The van der Waals surface area contributed by atoms with Crippen molar-refractivity contribution in [2.24, 2.45) is 0 Å². The van der Waals surface area contributed by atoms with Crippen LogP contribution in [0.15, 0.2) is 5.16 Å². The molecule has 7 nitrogen and oxygen atoms in total. The van der Waals surface area contributed by atoms with E-state index in [-0.39, 0.29) is 12.0 Å². The molecular formula is C11H19N5O2S. The lowest BCUT2D eigenvalue weighted by atomic mass is 10.3. The number of aromatic nitrogens is 4. The maximum absolute atomic E-state index is 11.7. The van der Waals surface area contributed by atoms with Crippen LogP contribution in [0.5, 0.6) is 0 Å². The topological polar surface area (TPSA) is 81.9 Å². The molecule has 0 aliphatic heterocycles. The number of nitrogens with one attached hydrogen (secondary N) is 1. The van der Waals surface area contributed by atoms with Crippen molar-refractivity contribution in [3.63, 3.8) is 0 Å². The normalized spacial score (nSPS) is 16.3. The summed E-state index contributed by atoms with van der Waals surface area (Å²) in [5.74, 6) is 0.325. The Kier molecular flexibility index (Phi) is 5.15. The van der Waals surface area contributed by atoms with Gasteiger partial charge in [0.05, 0.1) is 13.2 Å². The molecule has 0 saturated heterocycles. The number of tetrazole rings is 1. The summed E-state index contributed by atoms with van der Waals surface area (Å²) in [5, 5.41) is 15.6. The molecule has 1 N–H and O–H groups in total. The Morgan fingerprint density at radius 2 is 2.42 bits per heavy atom. The SMILES string of the molecule is CCCNC(CSc1nnnn1C1CC1)C(=O)OC. The Hall–Kier alpha value is -1.15. The Morgan fingerprint density at radius 1 is 1.63 bits per heavy atom. The molecule has 8 heteroatoms. The number of carbonyl (C=O) groups is 1. The summed E-state index contributed by atoms with van der Waals surface area (Å²) >= 11 is 1.49. The van der Waals surface area contributed by atoms with E-state index in [4.69, 9.17) is 4.74 Å². The van der Waals surface area contributed by atoms with Gasteiger partial charge in [-0.25, -0.2) is 4.68 Å². The van der Waals surface area contributed by atoms with Crippen LogP contribution in [0, 0.1) is 0 Å². The molecule has 1 fully saturated rings. The zero-order chi connectivity index (χ0) is 13.7. The van der Waals surface area contributed by atoms with E-state index in [1.807, 2.05) is 4.68 Å². The monoisotopic (exact) mass is 285 g/mol. The number of nitrogens with zero attached hydrogens (tertiary/aromatic N) is 4. The minimum atomic E-state index is -0.320. The van der Waals surface area contributed by atoms with Gasteiger partial charge in [-0.15, -0.1) is 5.10 Å². The van der Waals surface area contributed by atoms with Crippen molar-refractivity contribution in [2.45, 2.75) is 43.4 Å². The average Bonchev–Trinajstić information content (AvgIpc) is 3.17. The van der Waals surface area contributed by atoms with Crippen molar-refractivity contribution >= 4 is 17.7 Å². The van der Waals surface area contributed by atoms with Crippen LogP contribution in [0.2, 0.25) is 0 Å². The minimum Gasteiger partial charge on any atom is -0.468 e. The fourth-order valence-corrected chi connectivity index (χ4v) is 2.64. The van der Waals surface area contributed by atoms with E-state index in [1.165, 1.54) is 18.9 Å². The Bertz CT molecular complexity index is 421. The van der Waals surface area contributed by atoms with Gasteiger partial charge in [0.15, 0.2) is 0 Å². The highest BCUT2D eigenvalue weighted by atomic mass is 32.2. The number of carbonyl (C=O) groups excluding carboxylic acids is 1. The predicted molar refractivity (Wildman–Crippen MR) is 70.9 cm³/mol. The second kappa shape index (κ2) is 6.85. The Balaban J connectivity index is 1.89. The van der Waals surface area contributed by atoms with Crippen LogP contribution in [0.3, 0.4) is 0 Å². The first-order valence-electron chi connectivity index (χ1n) is 6.48. The van der Waals surface area contributed by atoms with Crippen molar-refractivity contribution in [1.82, 2.24) is 25.5 Å². The lowest BCUT2D eigenvalue weighted by molar-refractivity contribution is -0.142. The second-order valence-electron chi connectivity index (χ2n) is 4.48. The first-order chi connectivity index (χ1) is 9.26. The van der Waals surface area contributed by atoms with Crippen molar-refractivity contribution in [1.29, 1.82) is 0 Å². The van der Waals surface area contributed by atoms with E-state index < -0.39 is 0 Å². The van der Waals surface area contributed by atoms with Gasteiger partial charge in [0.25, 0.3) is 0 Å². The summed E-state index contributed by atoms with van der Waals surface area (Å²) in [5.41, 5.74) is 0. The van der Waals surface area contributed by atoms with E-state index in [1.54, 1.807) is 0 Å². The molecule has 0 amide bonds. The molecule has 0 radical (unpaired) electrons. The van der Waals surface area contributed by atoms with Crippen LogP contribution in [0.4, 0.5) is 0 Å². The molecule has 1 aliphatic rings. The summed E-state index contributed by atoms with van der Waals surface area (Å²) in [7, 11) is 1.40. The van der Waals surface area contributed by atoms with Gasteiger partial charge in [-0.1, -0.05) is 18.7 Å². The van der Waals surface area contributed by atoms with Gasteiger partial charge in [0, 0.05) is 5.75 Å². The molecule has 1 heterocycles. The van der Waals surface area contributed by atoms with E-state index in [0.717, 1.165) is 31.0 Å². The number of ether oxygens (including phenoxy) is 1. The minimum absolute atomic E-state index is 0.244. The second-order valence-corrected chi connectivity index (χ2v) is 5.47. The van der Waals surface area contributed by atoms with Gasteiger partial charge >= 0.3 is 5.97 Å². The number of hydrogen-bond acceptors (Lipinski definition) is 7. The van der Waals surface area contributed by atoms with Gasteiger partial charge in [-0.3, -0.25) is 4.79 Å². The van der Waals surface area contributed by atoms with Crippen LogP contribution < -0.4 is 5.32 Å². The fourth-order valence-electron chi connectivity index (χ4n) is 1.66. The quantitative estimate of drug-likeness (QED) is 0.554. The number of esters is 1. The largest absolute Gasteiger partial charge is 0.468 e. The highest BCUT2D eigenvalue weighted by Gasteiger charge is 2.28. The summed E-state index contributed by atoms with van der Waals surface area (Å²) < 4.78 is 6.64. The zero-order valence-electron chi connectivity index (χ0n) is 11.2. The van der Waals surface area contributed by atoms with E-state index in [9.17, 15) is 4.79 Å². The van der Waals surface area contributed by atoms with Crippen molar-refractivity contribution in [3.05, 3.63) is 0 Å². The number of hydrogen-bond donors (Lipinski definition) is 1. The molecule has 0 aromatic carbocycles. The summed E-state index contributed by atoms with van der Waals surface area (Å²) in [4.78, 5) is 11.7. The first-order valence-corrected chi connectivity index (χ1v) is 7.46. The molecule has 0 bridgehead atoms. The van der Waals surface area contributed by atoms with Crippen LogP contribution in [-0.2, 0) is 9.53 Å². The maximum atomic E-state index is 11.7. The van der Waals surface area contributed by atoms with Gasteiger partial charge in [0.1, 0.15) is 6.04 Å². The van der Waals surface area contributed by atoms with Gasteiger partial charge in [0.2, 0.25) is 5.16 Å². The molecule has 1 unspecified atom stereocenters. The van der Waals surface area contributed by atoms with Gasteiger partial charge in [-0.2, -0.15) is 0 Å². The van der Waals surface area contributed by atoms with Crippen LogP contribution in [-0.4, -0.2) is 51.6 Å². The van der Waals surface area contributed by atoms with E-state index >= 15 is 0 Å². The van der Waals surface area contributed by atoms with Crippen molar-refractivity contribution in [3.8, 4) is 0 Å². The summed E-state index contributed by atoms with van der Waals surface area (Å²) in [6.07, 6.45) is 3.23. The first kappa shape index (κ1) is 14.3. The van der Waals surface area contributed by atoms with E-state index in [2.05, 4.69) is 27.8 Å². The average molecular weight is 285 g/mol. The summed E-state index contributed by atoms with van der Waals surface area (Å²) in [6, 6.07) is 0.122. The van der Waals surface area contributed by atoms with Crippen molar-refractivity contribution in [2.75, 3.05) is 19.4 Å². The van der Waals surface area contributed by atoms with Gasteiger partial charge < -0.3 is 10.1 Å². The van der Waals surface area contributed by atoms with Crippen molar-refractivity contribution < 1.29 is 9.53 Å². The molecule has 1 aliphatic carbocycles. The molecule has 1 aromatic heterocycles.